The average Bonchev–Trinajstić information content (AvgIpc) is 3.87. The molecule has 3 unspecified atom stereocenters. The summed E-state index contributed by atoms with van der Waals surface area (Å²) < 4.78 is 35.1. The number of carbonyl (C=O) groups excluding carboxylic acids is 2. The number of benzene rings is 2. The molecule has 2 saturated heterocycles. The molecule has 18 nitrogen and oxygen atoms in total. The summed E-state index contributed by atoms with van der Waals surface area (Å²) in [7, 11) is 1.68. The van der Waals surface area contributed by atoms with Crippen LogP contribution in [0.25, 0.3) is 33.8 Å². The maximum absolute atomic E-state index is 13.9. The fraction of sp³-hybridized carbons (Fsp3) is 0.275. The number of carbonyl (C=O) groups is 2. The fourth-order valence-electron chi connectivity index (χ4n) is 10.9. The summed E-state index contributed by atoms with van der Waals surface area (Å²) in [6.07, 6.45) is 13.5. The van der Waals surface area contributed by atoms with Crippen LogP contribution >= 0.6 is 0 Å². The monoisotopic (exact) mass is 939 g/mol. The van der Waals surface area contributed by atoms with Gasteiger partial charge in [-0.05, 0) is 60.0 Å². The van der Waals surface area contributed by atoms with Crippen molar-refractivity contribution in [1.82, 2.24) is 44.4 Å². The molecule has 8 aromatic rings. The van der Waals surface area contributed by atoms with E-state index in [-0.39, 0.29) is 35.2 Å². The summed E-state index contributed by atoms with van der Waals surface area (Å²) in [4.78, 5) is 55.2. The minimum atomic E-state index is -0.364. The lowest BCUT2D eigenvalue weighted by Gasteiger charge is -2.38. The van der Waals surface area contributed by atoms with Crippen LogP contribution in [-0.2, 0) is 27.3 Å². The predicted molar refractivity (Wildman–Crippen MR) is 258 cm³/mol. The first kappa shape index (κ1) is 42.1. The highest BCUT2D eigenvalue weighted by Crippen LogP contribution is 2.58. The zero-order chi connectivity index (χ0) is 47.1. The third kappa shape index (κ3) is 6.98. The van der Waals surface area contributed by atoms with E-state index in [2.05, 4.69) is 46.5 Å². The minimum Gasteiger partial charge on any atom is -0.382 e. The summed E-state index contributed by atoms with van der Waals surface area (Å²) in [5, 5.41) is 12.8. The molecule has 6 aromatic heterocycles. The first-order valence-corrected chi connectivity index (χ1v) is 23.3. The number of nitrogens with one attached hydrogen (secondary N) is 4. The number of hydrogen-bond acceptors (Lipinski definition) is 14. The Morgan fingerprint density at radius 2 is 1.47 bits per heavy atom. The SMILES string of the molecule is COCC1CN(c2ccc(Nc3ccc(-c4cnc5c(C6CC67COCCN7c6ccc(Nc7ccc(-c8cnc9cc(F)ccn89)c8c7C(=O)NC8)nc6)nccn45)c4c3C(=O)NC4)nc2)CCO1. The first-order chi connectivity index (χ1) is 34.3. The number of halogens is 1. The van der Waals surface area contributed by atoms with E-state index in [1.54, 1.807) is 19.5 Å². The van der Waals surface area contributed by atoms with Gasteiger partial charge in [-0.1, -0.05) is 12.1 Å². The lowest BCUT2D eigenvalue weighted by Crippen LogP contribution is -2.49. The van der Waals surface area contributed by atoms with E-state index in [4.69, 9.17) is 34.1 Å². The van der Waals surface area contributed by atoms with Crippen LogP contribution in [0, 0.1) is 5.82 Å². The van der Waals surface area contributed by atoms with Gasteiger partial charge in [0, 0.05) is 81.5 Å². The van der Waals surface area contributed by atoms with Gasteiger partial charge in [0.2, 0.25) is 0 Å². The van der Waals surface area contributed by atoms with Crippen LogP contribution < -0.4 is 31.1 Å². The molecule has 4 N–H and O–H groups in total. The number of methoxy groups -OCH3 is 1. The highest BCUT2D eigenvalue weighted by molar-refractivity contribution is 6.07. The number of hydrogen-bond donors (Lipinski definition) is 4. The van der Waals surface area contributed by atoms with E-state index < -0.39 is 0 Å². The van der Waals surface area contributed by atoms with Gasteiger partial charge in [-0.2, -0.15) is 0 Å². The van der Waals surface area contributed by atoms with Gasteiger partial charge in [-0.25, -0.2) is 24.3 Å². The molecule has 1 spiro atoms. The van der Waals surface area contributed by atoms with Gasteiger partial charge in [0.25, 0.3) is 11.8 Å². The van der Waals surface area contributed by atoms with Gasteiger partial charge >= 0.3 is 0 Å². The molecule has 4 aliphatic heterocycles. The molecule has 2 amide bonds. The molecular formula is C51H46FN13O5. The Bertz CT molecular complexity index is 3400. The van der Waals surface area contributed by atoms with Crippen LogP contribution in [0.2, 0.25) is 0 Å². The average molecular weight is 940 g/mol. The van der Waals surface area contributed by atoms with Crippen molar-refractivity contribution in [2.24, 2.45) is 0 Å². The summed E-state index contributed by atoms with van der Waals surface area (Å²) in [6.45, 7) is 5.17. The maximum atomic E-state index is 13.9. The summed E-state index contributed by atoms with van der Waals surface area (Å²) in [5.74, 6) is 0.565. The Labute approximate surface area is 399 Å². The second-order valence-corrected chi connectivity index (χ2v) is 18.3. The standard InChI is InChI=1S/C51H46FN13O5/c1-68-27-32-26-62(14-17-70-32)30-2-8-42(54-20-30)60-39-7-5-34(36-23-59-50(67)46(36)39)41-25-57-48-47(53-11-13-64(41)48)37-19-51(37)28-69-16-15-65(51)31-3-9-43(55-21-31)61-38-6-4-33(35-22-58-49(66)45(35)38)40-24-56-44-18-29(52)10-12-63(40)44/h2-13,18,20-21,24-25,32,37H,14-17,19,22-23,26-28H2,1H3,(H,54,60)(H,55,61)(H,58,66)(H,59,67). The minimum absolute atomic E-state index is 0.00721. The fourth-order valence-corrected chi connectivity index (χ4v) is 10.9. The Hall–Kier alpha value is -8.00. The van der Waals surface area contributed by atoms with Gasteiger partial charge in [-0.15, -0.1) is 0 Å². The van der Waals surface area contributed by atoms with Crippen LogP contribution in [0.15, 0.2) is 104 Å². The summed E-state index contributed by atoms with van der Waals surface area (Å²) in [5.41, 5.74) is 11.3. The Balaban J connectivity index is 0.739. The number of amides is 2. The second kappa shape index (κ2) is 16.6. The number of rotatable bonds is 11. The van der Waals surface area contributed by atoms with Crippen molar-refractivity contribution in [1.29, 1.82) is 0 Å². The summed E-state index contributed by atoms with van der Waals surface area (Å²) >= 11 is 0. The number of imidazole rings is 2. The molecule has 0 bridgehead atoms. The predicted octanol–water partition coefficient (Wildman–Crippen LogP) is 6.23. The molecular weight excluding hydrogens is 894 g/mol. The molecule has 13 rings (SSSR count). The van der Waals surface area contributed by atoms with Crippen LogP contribution in [0.1, 0.15) is 49.9 Å². The Morgan fingerprint density at radius 3 is 2.17 bits per heavy atom. The third-order valence-electron chi connectivity index (χ3n) is 14.3. The molecule has 70 heavy (non-hydrogen) atoms. The van der Waals surface area contributed by atoms with Crippen LogP contribution in [0.4, 0.5) is 38.8 Å². The number of nitrogens with zero attached hydrogens (tertiary/aromatic N) is 9. The lowest BCUT2D eigenvalue weighted by molar-refractivity contribution is -0.0100. The molecule has 5 aliphatic rings. The van der Waals surface area contributed by atoms with Crippen LogP contribution in [0.5, 0.6) is 0 Å². The van der Waals surface area contributed by atoms with Gasteiger partial charge in [-0.3, -0.25) is 23.4 Å². The number of anilines is 6. The molecule has 19 heteroatoms. The molecule has 3 atom stereocenters. The normalized spacial score (nSPS) is 20.5. The van der Waals surface area contributed by atoms with Crippen LogP contribution in [0.3, 0.4) is 0 Å². The molecule has 10 heterocycles. The zero-order valence-corrected chi connectivity index (χ0v) is 38.0. The quantitative estimate of drug-likeness (QED) is 0.114. The third-order valence-corrected chi connectivity index (χ3v) is 14.3. The Kier molecular flexibility index (Phi) is 9.99. The molecule has 1 saturated carbocycles. The number of fused-ring (bicyclic) bond motifs is 4. The van der Waals surface area contributed by atoms with E-state index in [9.17, 15) is 14.0 Å². The molecule has 3 fully saturated rings. The van der Waals surface area contributed by atoms with Crippen molar-refractivity contribution in [3.8, 4) is 22.5 Å². The first-order valence-electron chi connectivity index (χ1n) is 23.3. The van der Waals surface area contributed by atoms with Gasteiger partial charge in [0.05, 0.1) is 114 Å². The largest absolute Gasteiger partial charge is 0.382 e. The van der Waals surface area contributed by atoms with Crippen molar-refractivity contribution >= 4 is 57.5 Å². The van der Waals surface area contributed by atoms with E-state index in [0.717, 1.165) is 75.9 Å². The van der Waals surface area contributed by atoms with Gasteiger partial charge in [0.1, 0.15) is 23.1 Å². The van der Waals surface area contributed by atoms with Crippen molar-refractivity contribution < 1.29 is 28.2 Å². The van der Waals surface area contributed by atoms with Crippen LogP contribution in [-0.4, -0.2) is 110 Å². The van der Waals surface area contributed by atoms with Crippen molar-refractivity contribution in [3.63, 3.8) is 0 Å². The molecule has 1 aliphatic carbocycles. The molecule has 352 valence electrons. The maximum Gasteiger partial charge on any atom is 0.254 e. The topological polar surface area (TPSA) is 190 Å². The second-order valence-electron chi connectivity index (χ2n) is 18.3. The number of morpholine rings is 2. The highest BCUT2D eigenvalue weighted by atomic mass is 19.1. The smallest absolute Gasteiger partial charge is 0.254 e. The van der Waals surface area contributed by atoms with E-state index in [1.165, 1.54) is 12.1 Å². The van der Waals surface area contributed by atoms with Crippen molar-refractivity contribution in [3.05, 3.63) is 138 Å². The van der Waals surface area contributed by atoms with Crippen molar-refractivity contribution in [2.45, 2.75) is 37.1 Å². The lowest BCUT2D eigenvalue weighted by atomic mass is 9.99. The van der Waals surface area contributed by atoms with E-state index in [1.807, 2.05) is 77.8 Å². The van der Waals surface area contributed by atoms with E-state index in [0.29, 0.717) is 85.8 Å². The number of ether oxygens (including phenoxy) is 3. The van der Waals surface area contributed by atoms with Gasteiger partial charge < -0.3 is 45.3 Å². The summed E-state index contributed by atoms with van der Waals surface area (Å²) in [6, 6.07) is 18.5. The zero-order valence-electron chi connectivity index (χ0n) is 38.0. The number of pyridine rings is 3. The highest BCUT2D eigenvalue weighted by Gasteiger charge is 2.62. The number of aromatic nitrogens is 7. The van der Waals surface area contributed by atoms with E-state index >= 15 is 0 Å². The Morgan fingerprint density at radius 1 is 0.771 bits per heavy atom. The molecule has 0 radical (unpaired) electrons. The van der Waals surface area contributed by atoms with Crippen molar-refractivity contribution in [2.75, 3.05) is 73.6 Å². The van der Waals surface area contributed by atoms with Gasteiger partial charge in [0.15, 0.2) is 5.65 Å². The molecule has 2 aromatic carbocycles.